The molecule has 0 radical (unpaired) electrons. The van der Waals surface area contributed by atoms with Crippen molar-refractivity contribution in [3.8, 4) is 0 Å². The molecule has 2 aromatic rings. The highest BCUT2D eigenvalue weighted by Crippen LogP contribution is 2.15. The number of nitrogens with zero attached hydrogens (tertiary/aromatic N) is 2. The SMILES string of the molecule is O=C(NCCn1ncc2c1CCOC2)c1cccc(F)c1. The van der Waals surface area contributed by atoms with E-state index in [1.54, 1.807) is 6.07 Å². The van der Waals surface area contributed by atoms with Gasteiger partial charge in [0.2, 0.25) is 0 Å². The molecule has 5 nitrogen and oxygen atoms in total. The molecule has 0 fully saturated rings. The third-order valence-corrected chi connectivity index (χ3v) is 3.47. The van der Waals surface area contributed by atoms with Gasteiger partial charge in [0.25, 0.3) is 5.91 Å². The Kier molecular flexibility index (Phi) is 3.96. The van der Waals surface area contributed by atoms with Gasteiger partial charge in [-0.1, -0.05) is 6.07 Å². The van der Waals surface area contributed by atoms with Crippen LogP contribution in [0.1, 0.15) is 21.6 Å². The van der Waals surface area contributed by atoms with E-state index in [1.807, 2.05) is 10.9 Å². The van der Waals surface area contributed by atoms with Crippen molar-refractivity contribution in [2.75, 3.05) is 13.2 Å². The number of hydrogen-bond acceptors (Lipinski definition) is 3. The Morgan fingerprint density at radius 1 is 1.48 bits per heavy atom. The topological polar surface area (TPSA) is 56.2 Å². The summed E-state index contributed by atoms with van der Waals surface area (Å²) in [5.74, 6) is -0.692. The third kappa shape index (κ3) is 3.11. The number of halogens is 1. The molecule has 1 amide bonds. The molecule has 0 spiro atoms. The number of rotatable bonds is 4. The van der Waals surface area contributed by atoms with Gasteiger partial charge in [0.15, 0.2) is 0 Å². The summed E-state index contributed by atoms with van der Waals surface area (Å²) >= 11 is 0. The Balaban J connectivity index is 1.56. The highest BCUT2D eigenvalue weighted by molar-refractivity contribution is 5.94. The van der Waals surface area contributed by atoms with Gasteiger partial charge in [0, 0.05) is 29.8 Å². The third-order valence-electron chi connectivity index (χ3n) is 3.47. The van der Waals surface area contributed by atoms with Crippen LogP contribution < -0.4 is 5.32 Å². The van der Waals surface area contributed by atoms with Gasteiger partial charge in [0.1, 0.15) is 5.82 Å². The van der Waals surface area contributed by atoms with Gasteiger partial charge in [-0.2, -0.15) is 5.10 Å². The first kappa shape index (κ1) is 13.8. The molecule has 0 unspecified atom stereocenters. The van der Waals surface area contributed by atoms with E-state index in [-0.39, 0.29) is 5.91 Å². The van der Waals surface area contributed by atoms with E-state index >= 15 is 0 Å². The van der Waals surface area contributed by atoms with Gasteiger partial charge < -0.3 is 10.1 Å². The molecule has 2 heterocycles. The molecule has 0 atom stereocenters. The number of nitrogens with one attached hydrogen (secondary N) is 1. The lowest BCUT2D eigenvalue weighted by Gasteiger charge is -2.14. The number of ether oxygens (including phenoxy) is 1. The van der Waals surface area contributed by atoms with E-state index in [1.165, 1.54) is 23.9 Å². The Hall–Kier alpha value is -2.21. The number of carbonyl (C=O) groups is 1. The molecule has 1 aromatic heterocycles. The van der Waals surface area contributed by atoms with Gasteiger partial charge in [-0.15, -0.1) is 0 Å². The predicted octanol–water partition coefficient (Wildman–Crippen LogP) is 1.52. The maximum absolute atomic E-state index is 13.1. The van der Waals surface area contributed by atoms with Crippen LogP contribution in [0.3, 0.4) is 0 Å². The monoisotopic (exact) mass is 289 g/mol. The highest BCUT2D eigenvalue weighted by Gasteiger charge is 2.15. The first-order valence-corrected chi connectivity index (χ1v) is 6.89. The predicted molar refractivity (Wildman–Crippen MR) is 74.3 cm³/mol. The van der Waals surface area contributed by atoms with Crippen LogP contribution in [0.4, 0.5) is 4.39 Å². The van der Waals surface area contributed by atoms with Gasteiger partial charge in [-0.3, -0.25) is 9.48 Å². The standard InChI is InChI=1S/C15H16FN3O2/c16-13-3-1-2-11(8-13)15(20)17-5-6-19-14-4-7-21-10-12(14)9-18-19/h1-3,8-9H,4-7,10H2,(H,17,20). The van der Waals surface area contributed by atoms with E-state index < -0.39 is 5.82 Å². The second kappa shape index (κ2) is 6.05. The molecule has 0 bridgehead atoms. The molecule has 1 N–H and O–H groups in total. The average molecular weight is 289 g/mol. The molecule has 0 aliphatic carbocycles. The van der Waals surface area contributed by atoms with Crippen LogP contribution in [0.15, 0.2) is 30.5 Å². The van der Waals surface area contributed by atoms with Gasteiger partial charge in [-0.25, -0.2) is 4.39 Å². The second-order valence-electron chi connectivity index (χ2n) is 4.91. The van der Waals surface area contributed by atoms with Gasteiger partial charge >= 0.3 is 0 Å². The van der Waals surface area contributed by atoms with Crippen LogP contribution in [0.25, 0.3) is 0 Å². The van der Waals surface area contributed by atoms with Crippen molar-refractivity contribution in [2.45, 2.75) is 19.6 Å². The molecular formula is C15H16FN3O2. The van der Waals surface area contributed by atoms with E-state index in [4.69, 9.17) is 4.74 Å². The van der Waals surface area contributed by atoms with E-state index in [9.17, 15) is 9.18 Å². The minimum absolute atomic E-state index is 0.279. The fraction of sp³-hybridized carbons (Fsp3) is 0.333. The summed E-state index contributed by atoms with van der Waals surface area (Å²) in [6, 6.07) is 5.65. The summed E-state index contributed by atoms with van der Waals surface area (Å²) in [6.45, 7) is 2.35. The van der Waals surface area contributed by atoms with Crippen molar-refractivity contribution in [1.29, 1.82) is 0 Å². The molecule has 0 saturated carbocycles. The van der Waals surface area contributed by atoms with Gasteiger partial charge in [-0.05, 0) is 18.2 Å². The van der Waals surface area contributed by atoms with E-state index in [0.717, 1.165) is 12.0 Å². The second-order valence-corrected chi connectivity index (χ2v) is 4.91. The first-order chi connectivity index (χ1) is 10.2. The van der Waals surface area contributed by atoms with Crippen LogP contribution in [0.5, 0.6) is 0 Å². The lowest BCUT2D eigenvalue weighted by molar-refractivity contribution is 0.0950. The van der Waals surface area contributed by atoms with E-state index in [0.29, 0.717) is 31.9 Å². The summed E-state index contributed by atoms with van der Waals surface area (Å²) in [6.07, 6.45) is 2.65. The lowest BCUT2D eigenvalue weighted by Crippen LogP contribution is -2.28. The fourth-order valence-corrected chi connectivity index (χ4v) is 2.41. The summed E-state index contributed by atoms with van der Waals surface area (Å²) in [5, 5.41) is 7.08. The summed E-state index contributed by atoms with van der Waals surface area (Å²) in [7, 11) is 0. The number of fused-ring (bicyclic) bond motifs is 1. The maximum atomic E-state index is 13.1. The van der Waals surface area contributed by atoms with Crippen molar-refractivity contribution < 1.29 is 13.9 Å². The molecular weight excluding hydrogens is 273 g/mol. The summed E-state index contributed by atoms with van der Waals surface area (Å²) in [4.78, 5) is 11.9. The molecule has 1 aliphatic rings. The number of amides is 1. The molecule has 1 aliphatic heterocycles. The van der Waals surface area contributed by atoms with Gasteiger partial charge in [0.05, 0.1) is 26.0 Å². The molecule has 21 heavy (non-hydrogen) atoms. The number of carbonyl (C=O) groups excluding carboxylic acids is 1. The van der Waals surface area contributed by atoms with Crippen molar-refractivity contribution >= 4 is 5.91 Å². The van der Waals surface area contributed by atoms with Crippen LogP contribution in [0, 0.1) is 5.82 Å². The van der Waals surface area contributed by atoms with Crippen molar-refractivity contribution in [1.82, 2.24) is 15.1 Å². The Morgan fingerprint density at radius 3 is 3.24 bits per heavy atom. The zero-order valence-electron chi connectivity index (χ0n) is 11.5. The molecule has 0 saturated heterocycles. The Morgan fingerprint density at radius 2 is 2.38 bits per heavy atom. The van der Waals surface area contributed by atoms with Crippen molar-refractivity contribution in [3.63, 3.8) is 0 Å². The average Bonchev–Trinajstić information content (AvgIpc) is 2.91. The lowest BCUT2D eigenvalue weighted by atomic mass is 10.2. The number of hydrogen-bond donors (Lipinski definition) is 1. The minimum Gasteiger partial charge on any atom is -0.376 e. The highest BCUT2D eigenvalue weighted by atomic mass is 19.1. The van der Waals surface area contributed by atoms with Crippen LogP contribution in [0.2, 0.25) is 0 Å². The zero-order chi connectivity index (χ0) is 14.7. The van der Waals surface area contributed by atoms with Crippen molar-refractivity contribution in [2.24, 2.45) is 0 Å². The first-order valence-electron chi connectivity index (χ1n) is 6.89. The summed E-state index contributed by atoms with van der Waals surface area (Å²) < 4.78 is 20.3. The largest absolute Gasteiger partial charge is 0.376 e. The summed E-state index contributed by atoms with van der Waals surface area (Å²) in [5.41, 5.74) is 2.60. The maximum Gasteiger partial charge on any atom is 0.251 e. The number of aromatic nitrogens is 2. The smallest absolute Gasteiger partial charge is 0.251 e. The Bertz CT molecular complexity index is 654. The minimum atomic E-state index is -0.413. The fourth-order valence-electron chi connectivity index (χ4n) is 2.41. The number of benzene rings is 1. The van der Waals surface area contributed by atoms with Crippen molar-refractivity contribution in [3.05, 3.63) is 53.1 Å². The molecule has 110 valence electrons. The van der Waals surface area contributed by atoms with E-state index in [2.05, 4.69) is 10.4 Å². The van der Waals surface area contributed by atoms with Crippen LogP contribution >= 0.6 is 0 Å². The normalized spacial score (nSPS) is 13.8. The molecule has 3 rings (SSSR count). The molecule has 6 heteroatoms. The van der Waals surface area contributed by atoms with Crippen LogP contribution in [-0.4, -0.2) is 28.8 Å². The zero-order valence-corrected chi connectivity index (χ0v) is 11.5. The molecule has 1 aromatic carbocycles. The van der Waals surface area contributed by atoms with Crippen LogP contribution in [-0.2, 0) is 24.3 Å². The quantitative estimate of drug-likeness (QED) is 0.928. The Labute approximate surface area is 121 Å².